The zero-order valence-corrected chi connectivity index (χ0v) is 12.7. The van der Waals surface area contributed by atoms with E-state index in [9.17, 15) is 4.79 Å². The molecule has 106 valence electrons. The van der Waals surface area contributed by atoms with Crippen LogP contribution in [0.1, 0.15) is 49.5 Å². The van der Waals surface area contributed by atoms with Crippen LogP contribution in [0.25, 0.3) is 0 Å². The number of hydrogen-bond acceptors (Lipinski definition) is 2. The van der Waals surface area contributed by atoms with Crippen LogP contribution in [-0.4, -0.2) is 19.0 Å². The Kier molecular flexibility index (Phi) is 5.87. The molecule has 0 aliphatic rings. The molecule has 0 heterocycles. The van der Waals surface area contributed by atoms with E-state index in [1.54, 1.807) is 0 Å². The summed E-state index contributed by atoms with van der Waals surface area (Å²) < 4.78 is 0. The van der Waals surface area contributed by atoms with Crippen molar-refractivity contribution in [3.05, 3.63) is 29.3 Å². The van der Waals surface area contributed by atoms with E-state index in [0.717, 1.165) is 29.7 Å². The van der Waals surface area contributed by atoms with Crippen LogP contribution in [0.3, 0.4) is 0 Å². The van der Waals surface area contributed by atoms with Crippen LogP contribution < -0.4 is 10.6 Å². The highest BCUT2D eigenvalue weighted by Gasteiger charge is 2.13. The maximum absolute atomic E-state index is 12.3. The minimum absolute atomic E-state index is 0.00399. The van der Waals surface area contributed by atoms with E-state index in [1.165, 1.54) is 0 Å². The summed E-state index contributed by atoms with van der Waals surface area (Å²) in [4.78, 5) is 12.3. The van der Waals surface area contributed by atoms with Crippen molar-refractivity contribution in [2.75, 3.05) is 12.4 Å². The van der Waals surface area contributed by atoms with Gasteiger partial charge >= 0.3 is 0 Å². The summed E-state index contributed by atoms with van der Waals surface area (Å²) in [5.41, 5.74) is 2.69. The molecule has 0 radical (unpaired) electrons. The molecule has 3 nitrogen and oxygen atoms in total. The Balaban J connectivity index is 2.69. The summed E-state index contributed by atoms with van der Waals surface area (Å²) in [6.07, 6.45) is 2.15. The van der Waals surface area contributed by atoms with Gasteiger partial charge in [0.25, 0.3) is 5.91 Å². The van der Waals surface area contributed by atoms with Crippen LogP contribution in [-0.2, 0) is 0 Å². The van der Waals surface area contributed by atoms with Crippen molar-refractivity contribution in [3.8, 4) is 0 Å². The van der Waals surface area contributed by atoms with Gasteiger partial charge in [-0.25, -0.2) is 0 Å². The van der Waals surface area contributed by atoms with Crippen molar-refractivity contribution in [3.63, 3.8) is 0 Å². The van der Waals surface area contributed by atoms with Gasteiger partial charge in [0.05, 0.1) is 5.56 Å². The molecular weight excluding hydrogens is 236 g/mol. The molecule has 1 aromatic rings. The van der Waals surface area contributed by atoms with Gasteiger partial charge in [-0.3, -0.25) is 4.79 Å². The SMILES string of the molecule is CNc1ccc(C)cc1C(=O)NC(C)CCC(C)C. The molecule has 0 bridgehead atoms. The first kappa shape index (κ1) is 15.5. The minimum atomic E-state index is 0.00399. The maximum Gasteiger partial charge on any atom is 0.253 e. The molecule has 3 heteroatoms. The Labute approximate surface area is 116 Å². The van der Waals surface area contributed by atoms with Crippen molar-refractivity contribution >= 4 is 11.6 Å². The smallest absolute Gasteiger partial charge is 0.253 e. The number of carbonyl (C=O) groups excluding carboxylic acids is 1. The van der Waals surface area contributed by atoms with Crippen molar-refractivity contribution in [1.82, 2.24) is 5.32 Å². The third-order valence-corrected chi connectivity index (χ3v) is 3.24. The van der Waals surface area contributed by atoms with E-state index in [1.807, 2.05) is 32.2 Å². The van der Waals surface area contributed by atoms with Crippen LogP contribution in [0.2, 0.25) is 0 Å². The number of carbonyl (C=O) groups is 1. The summed E-state index contributed by atoms with van der Waals surface area (Å²) in [7, 11) is 1.84. The normalized spacial score (nSPS) is 12.3. The number of aryl methyl sites for hydroxylation is 1. The third kappa shape index (κ3) is 4.93. The first-order valence-corrected chi connectivity index (χ1v) is 7.03. The van der Waals surface area contributed by atoms with Gasteiger partial charge in [0.2, 0.25) is 0 Å². The molecule has 1 amide bonds. The summed E-state index contributed by atoms with van der Waals surface area (Å²) in [5, 5.41) is 6.14. The lowest BCUT2D eigenvalue weighted by atomic mass is 10.0. The first-order chi connectivity index (χ1) is 8.93. The number of rotatable bonds is 6. The molecule has 0 saturated carbocycles. The number of benzene rings is 1. The fourth-order valence-electron chi connectivity index (χ4n) is 2.02. The molecule has 1 atom stereocenters. The Morgan fingerprint density at radius 2 is 1.89 bits per heavy atom. The van der Waals surface area contributed by atoms with Crippen LogP contribution in [0, 0.1) is 12.8 Å². The molecule has 0 fully saturated rings. The van der Waals surface area contributed by atoms with E-state index < -0.39 is 0 Å². The number of anilines is 1. The van der Waals surface area contributed by atoms with Gasteiger partial charge in [-0.15, -0.1) is 0 Å². The molecule has 2 N–H and O–H groups in total. The Morgan fingerprint density at radius 3 is 2.47 bits per heavy atom. The lowest BCUT2D eigenvalue weighted by Crippen LogP contribution is -2.33. The minimum Gasteiger partial charge on any atom is -0.387 e. The highest BCUT2D eigenvalue weighted by Crippen LogP contribution is 2.17. The van der Waals surface area contributed by atoms with Gasteiger partial charge in [0, 0.05) is 18.8 Å². The maximum atomic E-state index is 12.3. The summed E-state index contributed by atoms with van der Waals surface area (Å²) >= 11 is 0. The van der Waals surface area contributed by atoms with Gasteiger partial charge in [0.15, 0.2) is 0 Å². The number of nitrogens with one attached hydrogen (secondary N) is 2. The second kappa shape index (κ2) is 7.17. The summed E-state index contributed by atoms with van der Waals surface area (Å²) in [6, 6.07) is 6.09. The lowest BCUT2D eigenvalue weighted by Gasteiger charge is -2.17. The van der Waals surface area contributed by atoms with Crippen LogP contribution >= 0.6 is 0 Å². The molecule has 0 aliphatic carbocycles. The second-order valence-corrected chi connectivity index (χ2v) is 5.64. The van der Waals surface area contributed by atoms with Crippen LogP contribution in [0.5, 0.6) is 0 Å². The fraction of sp³-hybridized carbons (Fsp3) is 0.562. The molecule has 1 rings (SSSR count). The average molecular weight is 262 g/mol. The van der Waals surface area contributed by atoms with Crippen LogP contribution in [0.4, 0.5) is 5.69 Å². The fourth-order valence-corrected chi connectivity index (χ4v) is 2.02. The van der Waals surface area contributed by atoms with Crippen molar-refractivity contribution in [1.29, 1.82) is 0 Å². The lowest BCUT2D eigenvalue weighted by molar-refractivity contribution is 0.0938. The number of hydrogen-bond donors (Lipinski definition) is 2. The molecule has 0 saturated heterocycles. The van der Waals surface area contributed by atoms with Gasteiger partial charge in [-0.05, 0) is 44.7 Å². The van der Waals surface area contributed by atoms with E-state index in [4.69, 9.17) is 0 Å². The first-order valence-electron chi connectivity index (χ1n) is 7.03. The highest BCUT2D eigenvalue weighted by atomic mass is 16.1. The topological polar surface area (TPSA) is 41.1 Å². The van der Waals surface area contributed by atoms with Crippen molar-refractivity contribution in [2.45, 2.75) is 46.6 Å². The van der Waals surface area contributed by atoms with Gasteiger partial charge in [0.1, 0.15) is 0 Å². The summed E-state index contributed by atoms with van der Waals surface area (Å²) in [5.74, 6) is 0.676. The highest BCUT2D eigenvalue weighted by molar-refractivity contribution is 5.99. The zero-order chi connectivity index (χ0) is 14.4. The molecule has 1 aromatic carbocycles. The Bertz CT molecular complexity index is 427. The van der Waals surface area contributed by atoms with E-state index >= 15 is 0 Å². The molecule has 0 aliphatic heterocycles. The molecular formula is C16H26N2O. The number of amides is 1. The molecule has 0 spiro atoms. The van der Waals surface area contributed by atoms with Crippen molar-refractivity contribution < 1.29 is 4.79 Å². The van der Waals surface area contributed by atoms with Gasteiger partial charge in [-0.1, -0.05) is 25.5 Å². The quantitative estimate of drug-likeness (QED) is 0.822. The largest absolute Gasteiger partial charge is 0.387 e. The average Bonchev–Trinajstić information content (AvgIpc) is 2.36. The predicted molar refractivity (Wildman–Crippen MR) is 81.7 cm³/mol. The Morgan fingerprint density at radius 1 is 1.21 bits per heavy atom. The van der Waals surface area contributed by atoms with E-state index in [2.05, 4.69) is 31.4 Å². The standard InChI is InChI=1S/C16H26N2O/c1-11(2)6-8-13(4)18-16(19)14-10-12(3)7-9-15(14)17-5/h7,9-11,13,17H,6,8H2,1-5H3,(H,18,19). The molecule has 1 unspecified atom stereocenters. The van der Waals surface area contributed by atoms with E-state index in [0.29, 0.717) is 5.92 Å². The van der Waals surface area contributed by atoms with Gasteiger partial charge in [-0.2, -0.15) is 0 Å². The second-order valence-electron chi connectivity index (χ2n) is 5.64. The predicted octanol–water partition coefficient (Wildman–Crippen LogP) is 3.59. The van der Waals surface area contributed by atoms with E-state index in [-0.39, 0.29) is 11.9 Å². The third-order valence-electron chi connectivity index (χ3n) is 3.24. The summed E-state index contributed by atoms with van der Waals surface area (Å²) in [6.45, 7) is 8.47. The Hall–Kier alpha value is -1.51. The van der Waals surface area contributed by atoms with Crippen molar-refractivity contribution in [2.24, 2.45) is 5.92 Å². The zero-order valence-electron chi connectivity index (χ0n) is 12.7. The van der Waals surface area contributed by atoms with Gasteiger partial charge < -0.3 is 10.6 Å². The van der Waals surface area contributed by atoms with Crippen LogP contribution in [0.15, 0.2) is 18.2 Å². The monoisotopic (exact) mass is 262 g/mol. The molecule has 0 aromatic heterocycles. The molecule has 19 heavy (non-hydrogen) atoms.